The van der Waals surface area contributed by atoms with Crippen molar-refractivity contribution < 1.29 is 0 Å². The zero-order valence-electron chi connectivity index (χ0n) is 8.42. The third kappa shape index (κ3) is 1.57. The van der Waals surface area contributed by atoms with Gasteiger partial charge in [-0.15, -0.1) is 0 Å². The lowest BCUT2D eigenvalue weighted by molar-refractivity contribution is 0.876. The normalized spacial score (nSPS) is 11.1. The summed E-state index contributed by atoms with van der Waals surface area (Å²) < 4.78 is 1.18. The fourth-order valence-corrected chi connectivity index (χ4v) is 2.27. The fraction of sp³-hybridized carbons (Fsp3) is 0.231. The van der Waals surface area contributed by atoms with Crippen LogP contribution in [-0.2, 0) is 0 Å². The lowest BCUT2D eigenvalue weighted by Gasteiger charge is -2.10. The molecule has 0 bridgehead atoms. The van der Waals surface area contributed by atoms with E-state index in [1.165, 1.54) is 20.8 Å². The predicted octanol–water partition coefficient (Wildman–Crippen LogP) is 4.73. The van der Waals surface area contributed by atoms with Crippen molar-refractivity contribution in [2.45, 2.75) is 19.8 Å². The summed E-state index contributed by atoms with van der Waals surface area (Å²) in [5, 5.41) is 2.66. The van der Waals surface area contributed by atoms with Crippen LogP contribution in [0.1, 0.15) is 25.3 Å². The van der Waals surface area contributed by atoms with Gasteiger partial charge in [-0.1, -0.05) is 60.1 Å². The van der Waals surface area contributed by atoms with Crippen LogP contribution in [0.2, 0.25) is 0 Å². The predicted molar refractivity (Wildman–Crippen MR) is 65.7 cm³/mol. The standard InChI is InChI=1S/C13H13Br/c1-9(2)10-7-8-13(14)12-6-4-3-5-11(10)12/h3-9H,1-2H3. The van der Waals surface area contributed by atoms with Crippen LogP contribution in [0.15, 0.2) is 40.9 Å². The van der Waals surface area contributed by atoms with Gasteiger partial charge in [-0.2, -0.15) is 0 Å². The highest BCUT2D eigenvalue weighted by Gasteiger charge is 2.06. The van der Waals surface area contributed by atoms with Crippen LogP contribution in [0.5, 0.6) is 0 Å². The van der Waals surface area contributed by atoms with Gasteiger partial charge in [0.25, 0.3) is 0 Å². The number of halogens is 1. The number of benzene rings is 2. The summed E-state index contributed by atoms with van der Waals surface area (Å²) in [6.45, 7) is 4.46. The van der Waals surface area contributed by atoms with Crippen LogP contribution in [-0.4, -0.2) is 0 Å². The van der Waals surface area contributed by atoms with E-state index in [9.17, 15) is 0 Å². The third-order valence-electron chi connectivity index (χ3n) is 2.53. The molecular weight excluding hydrogens is 236 g/mol. The maximum Gasteiger partial charge on any atom is 0.0253 e. The fourth-order valence-electron chi connectivity index (χ4n) is 1.79. The molecule has 0 saturated carbocycles. The Labute approximate surface area is 93.1 Å². The van der Waals surface area contributed by atoms with Crippen molar-refractivity contribution >= 4 is 26.7 Å². The summed E-state index contributed by atoms with van der Waals surface area (Å²) >= 11 is 3.58. The summed E-state index contributed by atoms with van der Waals surface area (Å²) in [6.07, 6.45) is 0. The number of hydrogen-bond acceptors (Lipinski definition) is 0. The molecule has 0 aliphatic rings. The highest BCUT2D eigenvalue weighted by atomic mass is 79.9. The molecule has 0 amide bonds. The Morgan fingerprint density at radius 1 is 0.929 bits per heavy atom. The monoisotopic (exact) mass is 248 g/mol. The summed E-state index contributed by atoms with van der Waals surface area (Å²) in [5.41, 5.74) is 1.42. The van der Waals surface area contributed by atoms with Crippen molar-refractivity contribution in [2.24, 2.45) is 0 Å². The van der Waals surface area contributed by atoms with Gasteiger partial charge in [-0.25, -0.2) is 0 Å². The Balaban J connectivity index is 2.82. The third-order valence-corrected chi connectivity index (χ3v) is 3.22. The van der Waals surface area contributed by atoms with E-state index in [0.717, 1.165) is 0 Å². The van der Waals surface area contributed by atoms with Crippen molar-refractivity contribution in [3.8, 4) is 0 Å². The van der Waals surface area contributed by atoms with Gasteiger partial charge in [0, 0.05) is 4.47 Å². The molecule has 0 saturated heterocycles. The molecule has 0 fully saturated rings. The second kappa shape index (κ2) is 3.74. The minimum absolute atomic E-state index is 0.577. The Kier molecular flexibility index (Phi) is 2.60. The largest absolute Gasteiger partial charge is 0.0616 e. The van der Waals surface area contributed by atoms with Gasteiger partial charge < -0.3 is 0 Å². The number of fused-ring (bicyclic) bond motifs is 1. The van der Waals surface area contributed by atoms with Crippen LogP contribution >= 0.6 is 15.9 Å². The molecule has 1 heteroatoms. The van der Waals surface area contributed by atoms with Crippen LogP contribution in [0.25, 0.3) is 10.8 Å². The van der Waals surface area contributed by atoms with E-state index >= 15 is 0 Å². The number of hydrogen-bond donors (Lipinski definition) is 0. The van der Waals surface area contributed by atoms with Gasteiger partial charge in [0.1, 0.15) is 0 Å². The number of rotatable bonds is 1. The Bertz CT molecular complexity index is 458. The first-order chi connectivity index (χ1) is 6.70. The highest BCUT2D eigenvalue weighted by Crippen LogP contribution is 2.30. The lowest BCUT2D eigenvalue weighted by atomic mass is 9.96. The lowest BCUT2D eigenvalue weighted by Crippen LogP contribution is -1.89. The molecule has 0 N–H and O–H groups in total. The molecule has 0 unspecified atom stereocenters. The van der Waals surface area contributed by atoms with Gasteiger partial charge in [0.15, 0.2) is 0 Å². The molecule has 0 nitrogen and oxygen atoms in total. The summed E-state index contributed by atoms with van der Waals surface area (Å²) in [4.78, 5) is 0. The first kappa shape index (κ1) is 9.72. The Morgan fingerprint density at radius 2 is 1.57 bits per heavy atom. The summed E-state index contributed by atoms with van der Waals surface area (Å²) in [6, 6.07) is 12.9. The van der Waals surface area contributed by atoms with Crippen molar-refractivity contribution in [3.63, 3.8) is 0 Å². The highest BCUT2D eigenvalue weighted by molar-refractivity contribution is 9.10. The molecule has 2 aromatic rings. The van der Waals surface area contributed by atoms with E-state index in [1.54, 1.807) is 0 Å². The molecular formula is C13H13Br. The topological polar surface area (TPSA) is 0 Å². The molecule has 0 heterocycles. The second-order valence-corrected chi connectivity index (χ2v) is 4.69. The molecule has 2 rings (SSSR count). The first-order valence-electron chi connectivity index (χ1n) is 4.87. The van der Waals surface area contributed by atoms with Crippen molar-refractivity contribution in [2.75, 3.05) is 0 Å². The zero-order valence-corrected chi connectivity index (χ0v) is 10.0. The molecule has 0 aliphatic heterocycles. The smallest absolute Gasteiger partial charge is 0.0253 e. The molecule has 0 atom stereocenters. The Morgan fingerprint density at radius 3 is 2.21 bits per heavy atom. The van der Waals surface area contributed by atoms with Crippen LogP contribution in [0.4, 0.5) is 0 Å². The maximum absolute atomic E-state index is 3.58. The van der Waals surface area contributed by atoms with Crippen LogP contribution in [0.3, 0.4) is 0 Å². The van der Waals surface area contributed by atoms with E-state index in [1.807, 2.05) is 0 Å². The molecule has 72 valence electrons. The quantitative estimate of drug-likeness (QED) is 0.685. The van der Waals surface area contributed by atoms with E-state index in [2.05, 4.69) is 66.2 Å². The second-order valence-electron chi connectivity index (χ2n) is 3.84. The molecule has 0 radical (unpaired) electrons. The SMILES string of the molecule is CC(C)c1ccc(Br)c2ccccc12. The van der Waals surface area contributed by atoms with E-state index < -0.39 is 0 Å². The Hall–Kier alpha value is -0.820. The molecule has 0 aromatic heterocycles. The first-order valence-corrected chi connectivity index (χ1v) is 5.66. The molecule has 0 spiro atoms. The molecule has 0 aliphatic carbocycles. The van der Waals surface area contributed by atoms with Crippen LogP contribution < -0.4 is 0 Å². The summed E-state index contributed by atoms with van der Waals surface area (Å²) in [7, 11) is 0. The average molecular weight is 249 g/mol. The van der Waals surface area contributed by atoms with Crippen molar-refractivity contribution in [3.05, 3.63) is 46.4 Å². The molecule has 14 heavy (non-hydrogen) atoms. The minimum atomic E-state index is 0.577. The van der Waals surface area contributed by atoms with Crippen molar-refractivity contribution in [1.29, 1.82) is 0 Å². The van der Waals surface area contributed by atoms with E-state index in [-0.39, 0.29) is 0 Å². The van der Waals surface area contributed by atoms with E-state index in [0.29, 0.717) is 5.92 Å². The van der Waals surface area contributed by atoms with Gasteiger partial charge >= 0.3 is 0 Å². The molecule has 2 aromatic carbocycles. The van der Waals surface area contributed by atoms with Gasteiger partial charge in [-0.3, -0.25) is 0 Å². The summed E-state index contributed by atoms with van der Waals surface area (Å²) in [5.74, 6) is 0.577. The minimum Gasteiger partial charge on any atom is -0.0616 e. The zero-order chi connectivity index (χ0) is 10.1. The average Bonchev–Trinajstić information content (AvgIpc) is 2.18. The van der Waals surface area contributed by atoms with Crippen molar-refractivity contribution in [1.82, 2.24) is 0 Å². The van der Waals surface area contributed by atoms with Gasteiger partial charge in [0.05, 0.1) is 0 Å². The van der Waals surface area contributed by atoms with Gasteiger partial charge in [0.2, 0.25) is 0 Å². The van der Waals surface area contributed by atoms with Crippen LogP contribution in [0, 0.1) is 0 Å². The van der Waals surface area contributed by atoms with E-state index in [4.69, 9.17) is 0 Å². The maximum atomic E-state index is 3.58. The van der Waals surface area contributed by atoms with Gasteiger partial charge in [-0.05, 0) is 28.3 Å².